The largest absolute Gasteiger partial charge is 0.393 e. The fourth-order valence-electron chi connectivity index (χ4n) is 1.93. The first-order valence-electron chi connectivity index (χ1n) is 5.51. The highest BCUT2D eigenvalue weighted by Crippen LogP contribution is 2.24. The summed E-state index contributed by atoms with van der Waals surface area (Å²) in [4.78, 5) is 14.1. The fraction of sp³-hybridized carbons (Fsp3) is 0.818. The van der Waals surface area contributed by atoms with Gasteiger partial charge in [-0.1, -0.05) is 26.1 Å². The molecule has 0 aliphatic carbocycles. The van der Waals surface area contributed by atoms with Crippen molar-refractivity contribution in [2.24, 2.45) is 23.5 Å². The molecule has 1 rings (SSSR count). The van der Waals surface area contributed by atoms with E-state index >= 15 is 0 Å². The van der Waals surface area contributed by atoms with Gasteiger partial charge in [-0.05, 0) is 25.2 Å². The van der Waals surface area contributed by atoms with Gasteiger partial charge in [-0.3, -0.25) is 4.79 Å². The molecule has 1 aliphatic rings. The van der Waals surface area contributed by atoms with Crippen LogP contribution in [-0.4, -0.2) is 28.9 Å². The van der Waals surface area contributed by atoms with Crippen LogP contribution in [-0.2, 0) is 4.79 Å². The van der Waals surface area contributed by atoms with Gasteiger partial charge in [0, 0.05) is 13.1 Å². The molecule has 1 fully saturated rings. The van der Waals surface area contributed by atoms with Crippen LogP contribution >= 0.6 is 12.2 Å². The zero-order valence-corrected chi connectivity index (χ0v) is 10.5. The number of hydrogen-bond donors (Lipinski definition) is 1. The van der Waals surface area contributed by atoms with Crippen LogP contribution < -0.4 is 5.73 Å². The molecule has 2 unspecified atom stereocenters. The Morgan fingerprint density at radius 3 is 2.47 bits per heavy atom. The number of rotatable bonds is 3. The average molecular weight is 228 g/mol. The van der Waals surface area contributed by atoms with Crippen molar-refractivity contribution in [1.29, 1.82) is 0 Å². The number of thiocarbonyl (C=S) groups is 1. The molecular formula is C11H20N2OS. The van der Waals surface area contributed by atoms with E-state index in [9.17, 15) is 4.79 Å². The predicted molar refractivity (Wildman–Crippen MR) is 65.5 cm³/mol. The topological polar surface area (TPSA) is 46.3 Å². The van der Waals surface area contributed by atoms with E-state index in [-0.39, 0.29) is 11.8 Å². The highest BCUT2D eigenvalue weighted by atomic mass is 32.1. The summed E-state index contributed by atoms with van der Waals surface area (Å²) >= 11 is 4.84. The maximum atomic E-state index is 11.9. The van der Waals surface area contributed by atoms with Gasteiger partial charge in [-0.15, -0.1) is 0 Å². The normalized spacial score (nSPS) is 23.2. The maximum absolute atomic E-state index is 11.9. The summed E-state index contributed by atoms with van der Waals surface area (Å²) in [6.45, 7) is 7.91. The second-order valence-electron chi connectivity index (χ2n) is 4.70. The molecule has 0 aromatic carbocycles. The molecule has 2 N–H and O–H groups in total. The molecule has 0 spiro atoms. The molecule has 0 bridgehead atoms. The summed E-state index contributed by atoms with van der Waals surface area (Å²) in [6, 6.07) is 0. The number of hydrogen-bond acceptors (Lipinski definition) is 2. The van der Waals surface area contributed by atoms with Crippen molar-refractivity contribution in [1.82, 2.24) is 4.90 Å². The molecule has 0 aromatic heterocycles. The smallest absolute Gasteiger partial charge is 0.232 e. The molecule has 3 nitrogen and oxygen atoms in total. The van der Waals surface area contributed by atoms with Gasteiger partial charge < -0.3 is 10.6 Å². The highest BCUT2D eigenvalue weighted by molar-refractivity contribution is 7.80. The summed E-state index contributed by atoms with van der Waals surface area (Å²) in [5.74, 6) is 1.05. The average Bonchev–Trinajstić information content (AvgIpc) is 2.64. The number of carbonyl (C=O) groups excluding carboxylic acids is 1. The zero-order valence-electron chi connectivity index (χ0n) is 9.69. The van der Waals surface area contributed by atoms with Crippen LogP contribution in [0.3, 0.4) is 0 Å². The monoisotopic (exact) mass is 228 g/mol. The molecule has 15 heavy (non-hydrogen) atoms. The molecule has 0 aromatic rings. The number of nitrogens with zero attached hydrogens (tertiary/aromatic N) is 1. The Balaban J connectivity index is 2.54. The summed E-state index contributed by atoms with van der Waals surface area (Å²) in [7, 11) is 0. The molecule has 0 radical (unpaired) electrons. The summed E-state index contributed by atoms with van der Waals surface area (Å²) in [6.07, 6.45) is 1.10. The van der Waals surface area contributed by atoms with E-state index in [0.29, 0.717) is 16.8 Å². The van der Waals surface area contributed by atoms with Crippen molar-refractivity contribution in [3.05, 3.63) is 0 Å². The second kappa shape index (κ2) is 4.92. The third-order valence-electron chi connectivity index (χ3n) is 3.28. The SMILES string of the molecule is CC(C(=O)N1CCC(C(C)C)C1)C(N)=S. The van der Waals surface area contributed by atoms with E-state index < -0.39 is 0 Å². The highest BCUT2D eigenvalue weighted by Gasteiger charge is 2.30. The summed E-state index contributed by atoms with van der Waals surface area (Å²) < 4.78 is 0. The maximum Gasteiger partial charge on any atom is 0.232 e. The van der Waals surface area contributed by atoms with Crippen LogP contribution in [0, 0.1) is 17.8 Å². The molecule has 1 amide bonds. The van der Waals surface area contributed by atoms with E-state index in [4.69, 9.17) is 18.0 Å². The quantitative estimate of drug-likeness (QED) is 0.743. The van der Waals surface area contributed by atoms with Gasteiger partial charge >= 0.3 is 0 Å². The Labute approximate surface area is 97.0 Å². The fourth-order valence-corrected chi connectivity index (χ4v) is 2.03. The Hall–Kier alpha value is -0.640. The second-order valence-corrected chi connectivity index (χ2v) is 5.17. The third-order valence-corrected chi connectivity index (χ3v) is 3.63. The minimum atomic E-state index is -0.314. The van der Waals surface area contributed by atoms with E-state index in [1.807, 2.05) is 4.90 Å². The van der Waals surface area contributed by atoms with Gasteiger partial charge in [0.2, 0.25) is 5.91 Å². The first-order chi connectivity index (χ1) is 6.93. The standard InChI is InChI=1S/C11H20N2OS/c1-7(2)9-4-5-13(6-9)11(14)8(3)10(12)15/h7-9H,4-6H2,1-3H3,(H2,12,15). The Bertz CT molecular complexity index is 265. The van der Waals surface area contributed by atoms with E-state index in [2.05, 4.69) is 13.8 Å². The van der Waals surface area contributed by atoms with Gasteiger partial charge in [0.15, 0.2) is 0 Å². The first kappa shape index (κ1) is 12.4. The van der Waals surface area contributed by atoms with Crippen LogP contribution in [0.4, 0.5) is 0 Å². The first-order valence-corrected chi connectivity index (χ1v) is 5.92. The van der Waals surface area contributed by atoms with Crippen LogP contribution in [0.5, 0.6) is 0 Å². The number of carbonyl (C=O) groups is 1. The van der Waals surface area contributed by atoms with Gasteiger partial charge in [0.05, 0.1) is 10.9 Å². The molecule has 1 saturated heterocycles. The lowest BCUT2D eigenvalue weighted by atomic mass is 9.95. The van der Waals surface area contributed by atoms with Crippen molar-refractivity contribution in [3.8, 4) is 0 Å². The van der Waals surface area contributed by atoms with E-state index in [1.165, 1.54) is 0 Å². The van der Waals surface area contributed by atoms with Gasteiger partial charge in [0.25, 0.3) is 0 Å². The molecule has 1 heterocycles. The van der Waals surface area contributed by atoms with E-state index in [1.54, 1.807) is 6.92 Å². The number of nitrogens with two attached hydrogens (primary N) is 1. The predicted octanol–water partition coefficient (Wildman–Crippen LogP) is 1.41. The molecular weight excluding hydrogens is 208 g/mol. The lowest BCUT2D eigenvalue weighted by Gasteiger charge is -2.21. The van der Waals surface area contributed by atoms with Crippen molar-refractivity contribution in [2.75, 3.05) is 13.1 Å². The van der Waals surface area contributed by atoms with Crippen molar-refractivity contribution >= 4 is 23.1 Å². The van der Waals surface area contributed by atoms with Crippen LogP contribution in [0.1, 0.15) is 27.2 Å². The third kappa shape index (κ3) is 2.91. The van der Waals surface area contributed by atoms with Crippen LogP contribution in [0.15, 0.2) is 0 Å². The molecule has 1 aliphatic heterocycles. The minimum Gasteiger partial charge on any atom is -0.393 e. The summed E-state index contributed by atoms with van der Waals surface area (Å²) in [5.41, 5.74) is 5.48. The van der Waals surface area contributed by atoms with Crippen molar-refractivity contribution in [2.45, 2.75) is 27.2 Å². The van der Waals surface area contributed by atoms with Crippen LogP contribution in [0.25, 0.3) is 0 Å². The van der Waals surface area contributed by atoms with Gasteiger partial charge in [0.1, 0.15) is 0 Å². The Morgan fingerprint density at radius 2 is 2.07 bits per heavy atom. The van der Waals surface area contributed by atoms with Gasteiger partial charge in [-0.25, -0.2) is 0 Å². The minimum absolute atomic E-state index is 0.0886. The van der Waals surface area contributed by atoms with E-state index in [0.717, 1.165) is 19.5 Å². The lowest BCUT2D eigenvalue weighted by molar-refractivity contribution is -0.132. The van der Waals surface area contributed by atoms with Crippen LogP contribution in [0.2, 0.25) is 0 Å². The van der Waals surface area contributed by atoms with Crippen molar-refractivity contribution < 1.29 is 4.79 Å². The lowest BCUT2D eigenvalue weighted by Crippen LogP contribution is -2.38. The molecule has 2 atom stereocenters. The molecule has 86 valence electrons. The molecule has 4 heteroatoms. The Morgan fingerprint density at radius 1 is 1.47 bits per heavy atom. The molecule has 0 saturated carbocycles. The number of amides is 1. The Kier molecular flexibility index (Phi) is 4.08. The van der Waals surface area contributed by atoms with Gasteiger partial charge in [-0.2, -0.15) is 0 Å². The summed E-state index contributed by atoms with van der Waals surface area (Å²) in [5, 5.41) is 0. The zero-order chi connectivity index (χ0) is 11.6. The number of likely N-dealkylation sites (tertiary alicyclic amines) is 1. The van der Waals surface area contributed by atoms with Crippen molar-refractivity contribution in [3.63, 3.8) is 0 Å².